The predicted octanol–water partition coefficient (Wildman–Crippen LogP) is 4.37. The SMILES string of the molecule is O=C1CCCc2nc3ccccc3c(NCc3ccccc3)c21. The fourth-order valence-corrected chi connectivity index (χ4v) is 3.26. The van der Waals surface area contributed by atoms with E-state index in [4.69, 9.17) is 4.98 Å². The molecule has 1 aliphatic rings. The number of anilines is 1. The lowest BCUT2D eigenvalue weighted by Gasteiger charge is -2.20. The van der Waals surface area contributed by atoms with Crippen LogP contribution in [0.2, 0.25) is 0 Å². The highest BCUT2D eigenvalue weighted by Crippen LogP contribution is 2.33. The van der Waals surface area contributed by atoms with Gasteiger partial charge in [0.1, 0.15) is 0 Å². The van der Waals surface area contributed by atoms with Crippen LogP contribution in [0.1, 0.15) is 34.5 Å². The van der Waals surface area contributed by atoms with Crippen molar-refractivity contribution < 1.29 is 4.79 Å². The van der Waals surface area contributed by atoms with Crippen LogP contribution in [0.5, 0.6) is 0 Å². The number of nitrogens with zero attached hydrogens (tertiary/aromatic N) is 1. The second-order valence-corrected chi connectivity index (χ2v) is 5.94. The molecule has 3 nitrogen and oxygen atoms in total. The quantitative estimate of drug-likeness (QED) is 0.781. The zero-order valence-electron chi connectivity index (χ0n) is 12.9. The van der Waals surface area contributed by atoms with Gasteiger partial charge in [0.15, 0.2) is 5.78 Å². The van der Waals surface area contributed by atoms with Crippen molar-refractivity contribution in [1.29, 1.82) is 0 Å². The first-order valence-corrected chi connectivity index (χ1v) is 8.05. The van der Waals surface area contributed by atoms with Crippen molar-refractivity contribution in [3.8, 4) is 0 Å². The van der Waals surface area contributed by atoms with Gasteiger partial charge in [-0.25, -0.2) is 0 Å². The molecule has 0 fully saturated rings. The maximum atomic E-state index is 12.5. The van der Waals surface area contributed by atoms with E-state index in [-0.39, 0.29) is 5.78 Å². The summed E-state index contributed by atoms with van der Waals surface area (Å²) >= 11 is 0. The van der Waals surface area contributed by atoms with Crippen LogP contribution in [0.3, 0.4) is 0 Å². The molecule has 23 heavy (non-hydrogen) atoms. The van der Waals surface area contributed by atoms with Gasteiger partial charge >= 0.3 is 0 Å². The third kappa shape index (κ3) is 2.59. The number of fused-ring (bicyclic) bond motifs is 2. The van der Waals surface area contributed by atoms with Gasteiger partial charge in [-0.1, -0.05) is 48.5 Å². The van der Waals surface area contributed by atoms with Crippen molar-refractivity contribution in [1.82, 2.24) is 4.98 Å². The molecular weight excluding hydrogens is 284 g/mol. The van der Waals surface area contributed by atoms with E-state index in [1.54, 1.807) is 0 Å². The van der Waals surface area contributed by atoms with Crippen molar-refractivity contribution in [2.45, 2.75) is 25.8 Å². The Kier molecular flexibility index (Phi) is 3.54. The van der Waals surface area contributed by atoms with Gasteiger partial charge in [0.05, 0.1) is 22.5 Å². The van der Waals surface area contributed by atoms with E-state index in [2.05, 4.69) is 17.4 Å². The fraction of sp³-hybridized carbons (Fsp3) is 0.200. The molecule has 0 unspecified atom stereocenters. The standard InChI is InChI=1S/C20H18N2O/c23-18-12-6-11-17-19(18)20(15-9-4-5-10-16(15)22-17)21-13-14-7-2-1-3-8-14/h1-5,7-10H,6,11-13H2,(H,21,22). The number of carbonyl (C=O) groups is 1. The predicted molar refractivity (Wildman–Crippen MR) is 92.8 cm³/mol. The molecule has 0 bridgehead atoms. The lowest BCUT2D eigenvalue weighted by molar-refractivity contribution is 0.0972. The Morgan fingerprint density at radius 3 is 2.61 bits per heavy atom. The van der Waals surface area contributed by atoms with Crippen molar-refractivity contribution in [3.05, 3.63) is 71.4 Å². The van der Waals surface area contributed by atoms with Gasteiger partial charge in [0.2, 0.25) is 0 Å². The van der Waals surface area contributed by atoms with Crippen LogP contribution < -0.4 is 5.32 Å². The van der Waals surface area contributed by atoms with Gasteiger partial charge in [-0.15, -0.1) is 0 Å². The molecule has 0 spiro atoms. The molecular formula is C20H18N2O. The van der Waals surface area contributed by atoms with Crippen LogP contribution in [0.25, 0.3) is 10.9 Å². The third-order valence-electron chi connectivity index (χ3n) is 4.38. The highest BCUT2D eigenvalue weighted by Gasteiger charge is 2.24. The normalized spacial score (nSPS) is 13.8. The number of aromatic nitrogens is 1. The Bertz CT molecular complexity index is 871. The first-order valence-electron chi connectivity index (χ1n) is 8.05. The van der Waals surface area contributed by atoms with E-state index >= 15 is 0 Å². The van der Waals surface area contributed by atoms with Crippen molar-refractivity contribution in [2.75, 3.05) is 5.32 Å². The van der Waals surface area contributed by atoms with E-state index in [1.807, 2.05) is 42.5 Å². The summed E-state index contributed by atoms with van der Waals surface area (Å²) in [7, 11) is 0. The Hall–Kier alpha value is -2.68. The van der Waals surface area contributed by atoms with E-state index < -0.39 is 0 Å². The maximum absolute atomic E-state index is 12.5. The Balaban J connectivity index is 1.82. The number of ketones is 1. The molecule has 0 aliphatic heterocycles. The highest BCUT2D eigenvalue weighted by molar-refractivity contribution is 6.09. The number of Topliss-reactive ketones (excluding diaryl/α,β-unsaturated/α-hetero) is 1. The molecule has 1 heterocycles. The summed E-state index contributed by atoms with van der Waals surface area (Å²) in [6.45, 7) is 0.703. The van der Waals surface area contributed by atoms with Gasteiger partial charge in [-0.2, -0.15) is 0 Å². The van der Waals surface area contributed by atoms with E-state index in [0.29, 0.717) is 13.0 Å². The summed E-state index contributed by atoms with van der Waals surface area (Å²) in [6, 6.07) is 18.3. The summed E-state index contributed by atoms with van der Waals surface area (Å²) in [5.41, 5.74) is 4.84. The average Bonchev–Trinajstić information content (AvgIpc) is 2.60. The Labute approximate surface area is 135 Å². The minimum Gasteiger partial charge on any atom is -0.380 e. The Morgan fingerprint density at radius 1 is 0.957 bits per heavy atom. The van der Waals surface area contributed by atoms with Crippen LogP contribution >= 0.6 is 0 Å². The molecule has 1 aliphatic carbocycles. The van der Waals surface area contributed by atoms with Crippen molar-refractivity contribution >= 4 is 22.4 Å². The number of hydrogen-bond acceptors (Lipinski definition) is 3. The summed E-state index contributed by atoms with van der Waals surface area (Å²) in [4.78, 5) is 17.2. The molecule has 114 valence electrons. The minimum absolute atomic E-state index is 0.208. The van der Waals surface area contributed by atoms with Gasteiger partial charge in [0.25, 0.3) is 0 Å². The molecule has 3 heteroatoms. The fourth-order valence-electron chi connectivity index (χ4n) is 3.26. The molecule has 0 radical (unpaired) electrons. The second-order valence-electron chi connectivity index (χ2n) is 5.94. The molecule has 0 atom stereocenters. The van der Waals surface area contributed by atoms with Gasteiger partial charge in [-0.05, 0) is 24.5 Å². The highest BCUT2D eigenvalue weighted by atomic mass is 16.1. The zero-order valence-corrected chi connectivity index (χ0v) is 12.9. The van der Waals surface area contributed by atoms with E-state index in [0.717, 1.165) is 40.7 Å². The number of nitrogens with one attached hydrogen (secondary N) is 1. The summed E-state index contributed by atoms with van der Waals surface area (Å²) in [5, 5.41) is 4.53. The molecule has 0 amide bonds. The van der Waals surface area contributed by atoms with Crippen molar-refractivity contribution in [3.63, 3.8) is 0 Å². The average molecular weight is 302 g/mol. The van der Waals surface area contributed by atoms with Crippen LogP contribution in [0.15, 0.2) is 54.6 Å². The first kappa shape index (κ1) is 13.9. The number of hydrogen-bond donors (Lipinski definition) is 1. The lowest BCUT2D eigenvalue weighted by Crippen LogP contribution is -2.16. The van der Waals surface area contributed by atoms with Crippen LogP contribution in [-0.2, 0) is 13.0 Å². The van der Waals surface area contributed by atoms with Crippen LogP contribution in [0.4, 0.5) is 5.69 Å². The smallest absolute Gasteiger partial charge is 0.166 e. The third-order valence-corrected chi connectivity index (χ3v) is 4.38. The lowest BCUT2D eigenvalue weighted by atomic mass is 9.91. The molecule has 0 saturated heterocycles. The zero-order chi connectivity index (χ0) is 15.6. The van der Waals surface area contributed by atoms with Gasteiger partial charge < -0.3 is 5.32 Å². The monoisotopic (exact) mass is 302 g/mol. The van der Waals surface area contributed by atoms with Crippen LogP contribution in [0, 0.1) is 0 Å². The Morgan fingerprint density at radius 2 is 1.74 bits per heavy atom. The number of para-hydroxylation sites is 1. The van der Waals surface area contributed by atoms with Crippen LogP contribution in [-0.4, -0.2) is 10.8 Å². The topological polar surface area (TPSA) is 42.0 Å². The molecule has 1 aromatic heterocycles. The van der Waals surface area contributed by atoms with E-state index in [1.165, 1.54) is 5.56 Å². The van der Waals surface area contributed by atoms with Crippen molar-refractivity contribution in [2.24, 2.45) is 0 Å². The summed E-state index contributed by atoms with van der Waals surface area (Å²) in [6.07, 6.45) is 2.40. The maximum Gasteiger partial charge on any atom is 0.166 e. The number of pyridine rings is 1. The number of rotatable bonds is 3. The molecule has 0 saturated carbocycles. The number of aryl methyl sites for hydroxylation is 1. The number of carbonyl (C=O) groups excluding carboxylic acids is 1. The summed E-state index contributed by atoms with van der Waals surface area (Å²) < 4.78 is 0. The minimum atomic E-state index is 0.208. The molecule has 3 aromatic rings. The van der Waals surface area contributed by atoms with Gasteiger partial charge in [0, 0.05) is 18.4 Å². The largest absolute Gasteiger partial charge is 0.380 e. The van der Waals surface area contributed by atoms with Gasteiger partial charge in [-0.3, -0.25) is 9.78 Å². The molecule has 2 aromatic carbocycles. The number of benzene rings is 2. The first-order chi connectivity index (χ1) is 11.3. The molecule has 1 N–H and O–H groups in total. The summed E-state index contributed by atoms with van der Waals surface area (Å²) in [5.74, 6) is 0.208. The second kappa shape index (κ2) is 5.84. The van der Waals surface area contributed by atoms with E-state index in [9.17, 15) is 4.79 Å². The molecule has 4 rings (SSSR count).